The van der Waals surface area contributed by atoms with E-state index in [9.17, 15) is 31.1 Å². The third-order valence-electron chi connectivity index (χ3n) is 3.39. The standard InChI is InChI=1S/C16H14ClF6N3O/c1-8(2)7-26-13(27)6-12(16(21,22)23)25-14(26)24-11-5-9(15(18,19)20)3-4-10(11)17/h3-6,8H,7H2,1-2H3,(H,24,25). The highest BCUT2D eigenvalue weighted by Gasteiger charge is 2.35. The zero-order valence-corrected chi connectivity index (χ0v) is 14.8. The first kappa shape index (κ1) is 21.1. The predicted octanol–water partition coefficient (Wildman–Crippen LogP) is 5.33. The number of anilines is 2. The van der Waals surface area contributed by atoms with Gasteiger partial charge in [-0.1, -0.05) is 25.4 Å². The van der Waals surface area contributed by atoms with Gasteiger partial charge in [-0.15, -0.1) is 0 Å². The first-order chi connectivity index (χ1) is 12.3. The van der Waals surface area contributed by atoms with Gasteiger partial charge in [0.1, 0.15) is 0 Å². The van der Waals surface area contributed by atoms with Crippen LogP contribution in [0.25, 0.3) is 0 Å². The fourth-order valence-corrected chi connectivity index (χ4v) is 2.37. The van der Waals surface area contributed by atoms with Crippen molar-refractivity contribution >= 4 is 23.2 Å². The molecule has 0 amide bonds. The van der Waals surface area contributed by atoms with Crippen molar-refractivity contribution < 1.29 is 26.3 Å². The average molecular weight is 414 g/mol. The summed E-state index contributed by atoms with van der Waals surface area (Å²) < 4.78 is 78.5. The lowest BCUT2D eigenvalue weighted by molar-refractivity contribution is -0.141. The zero-order valence-electron chi connectivity index (χ0n) is 14.0. The average Bonchev–Trinajstić information content (AvgIpc) is 2.50. The van der Waals surface area contributed by atoms with Crippen molar-refractivity contribution in [3.63, 3.8) is 0 Å². The molecule has 1 aromatic heterocycles. The molecule has 148 valence electrons. The summed E-state index contributed by atoms with van der Waals surface area (Å²) >= 11 is 5.86. The molecular formula is C16H14ClF6N3O. The molecule has 0 aliphatic carbocycles. The molecule has 2 rings (SSSR count). The number of benzene rings is 1. The highest BCUT2D eigenvalue weighted by molar-refractivity contribution is 6.33. The van der Waals surface area contributed by atoms with Crippen molar-refractivity contribution in [2.75, 3.05) is 5.32 Å². The molecule has 0 bridgehead atoms. The molecule has 1 N–H and O–H groups in total. The van der Waals surface area contributed by atoms with Gasteiger partial charge in [0.15, 0.2) is 5.69 Å². The van der Waals surface area contributed by atoms with E-state index >= 15 is 0 Å². The van der Waals surface area contributed by atoms with Crippen molar-refractivity contribution in [2.24, 2.45) is 5.92 Å². The minimum atomic E-state index is -4.90. The molecule has 2 aromatic rings. The highest BCUT2D eigenvalue weighted by Crippen LogP contribution is 2.35. The molecule has 27 heavy (non-hydrogen) atoms. The van der Waals surface area contributed by atoms with E-state index in [4.69, 9.17) is 11.6 Å². The number of nitrogens with zero attached hydrogens (tertiary/aromatic N) is 2. The predicted molar refractivity (Wildman–Crippen MR) is 88.1 cm³/mol. The van der Waals surface area contributed by atoms with Crippen LogP contribution in [-0.2, 0) is 18.9 Å². The van der Waals surface area contributed by atoms with E-state index in [2.05, 4.69) is 10.3 Å². The van der Waals surface area contributed by atoms with Crippen LogP contribution in [0.3, 0.4) is 0 Å². The Morgan fingerprint density at radius 1 is 1.11 bits per heavy atom. The van der Waals surface area contributed by atoms with Crippen LogP contribution in [-0.4, -0.2) is 9.55 Å². The van der Waals surface area contributed by atoms with Gasteiger partial charge in [-0.2, -0.15) is 26.3 Å². The van der Waals surface area contributed by atoms with Gasteiger partial charge < -0.3 is 5.32 Å². The summed E-state index contributed by atoms with van der Waals surface area (Å²) in [6, 6.07) is 2.65. The minimum absolute atomic E-state index is 0.00286. The Hall–Kier alpha value is -2.23. The lowest BCUT2D eigenvalue weighted by Crippen LogP contribution is -2.28. The maximum Gasteiger partial charge on any atom is 0.433 e. The van der Waals surface area contributed by atoms with Crippen LogP contribution < -0.4 is 10.9 Å². The SMILES string of the molecule is CC(C)Cn1c(Nc2cc(C(F)(F)F)ccc2Cl)nc(C(F)(F)F)cc1=O. The molecule has 11 heteroatoms. The Balaban J connectivity index is 2.60. The molecule has 0 atom stereocenters. The van der Waals surface area contributed by atoms with E-state index in [0.29, 0.717) is 12.1 Å². The Morgan fingerprint density at radius 3 is 2.26 bits per heavy atom. The third-order valence-corrected chi connectivity index (χ3v) is 3.72. The molecule has 0 radical (unpaired) electrons. The number of hydrogen-bond donors (Lipinski definition) is 1. The molecule has 1 heterocycles. The number of halogens is 7. The third kappa shape index (κ3) is 5.15. The molecule has 0 saturated heterocycles. The lowest BCUT2D eigenvalue weighted by Gasteiger charge is -2.18. The van der Waals surface area contributed by atoms with E-state index < -0.39 is 35.1 Å². The van der Waals surface area contributed by atoms with Gasteiger partial charge in [-0.05, 0) is 24.1 Å². The van der Waals surface area contributed by atoms with Gasteiger partial charge in [0.05, 0.1) is 16.3 Å². The number of rotatable bonds is 4. The summed E-state index contributed by atoms with van der Waals surface area (Å²) in [6.07, 6.45) is -9.58. The topological polar surface area (TPSA) is 46.9 Å². The van der Waals surface area contributed by atoms with Gasteiger partial charge >= 0.3 is 12.4 Å². The molecule has 0 aliphatic heterocycles. The zero-order chi connectivity index (χ0) is 20.6. The summed E-state index contributed by atoms with van der Waals surface area (Å²) in [7, 11) is 0. The molecule has 0 spiro atoms. The van der Waals surface area contributed by atoms with E-state index in [1.54, 1.807) is 13.8 Å². The molecular weight excluding hydrogens is 400 g/mol. The summed E-state index contributed by atoms with van der Waals surface area (Å²) in [5.41, 5.74) is -3.83. The van der Waals surface area contributed by atoms with Crippen molar-refractivity contribution in [1.82, 2.24) is 9.55 Å². The van der Waals surface area contributed by atoms with Crippen LogP contribution in [0, 0.1) is 5.92 Å². The monoisotopic (exact) mass is 413 g/mol. The summed E-state index contributed by atoms with van der Waals surface area (Å²) in [6.45, 7) is 3.43. The van der Waals surface area contributed by atoms with E-state index in [0.717, 1.165) is 16.7 Å². The maximum absolute atomic E-state index is 13.0. The Kier molecular flexibility index (Phi) is 5.79. The second-order valence-corrected chi connectivity index (χ2v) is 6.53. The molecule has 0 aliphatic rings. The quantitative estimate of drug-likeness (QED) is 0.689. The van der Waals surface area contributed by atoms with Gasteiger partial charge in [-0.3, -0.25) is 9.36 Å². The normalized spacial score (nSPS) is 12.5. The van der Waals surface area contributed by atoms with Crippen LogP contribution in [0.2, 0.25) is 5.02 Å². The number of nitrogens with one attached hydrogen (secondary N) is 1. The highest BCUT2D eigenvalue weighted by atomic mass is 35.5. The van der Waals surface area contributed by atoms with Crippen LogP contribution in [0.5, 0.6) is 0 Å². The Labute approximate surface area is 154 Å². The van der Waals surface area contributed by atoms with E-state index in [1.165, 1.54) is 0 Å². The lowest BCUT2D eigenvalue weighted by atomic mass is 10.2. The van der Waals surface area contributed by atoms with Crippen molar-refractivity contribution in [1.29, 1.82) is 0 Å². The van der Waals surface area contributed by atoms with Crippen molar-refractivity contribution in [3.05, 3.63) is 50.9 Å². The molecule has 0 saturated carbocycles. The van der Waals surface area contributed by atoms with Crippen LogP contribution in [0.15, 0.2) is 29.1 Å². The second kappa shape index (κ2) is 7.41. The van der Waals surface area contributed by atoms with Gasteiger partial charge in [0.2, 0.25) is 5.95 Å². The number of alkyl halides is 6. The molecule has 4 nitrogen and oxygen atoms in total. The molecule has 0 fully saturated rings. The van der Waals surface area contributed by atoms with Crippen molar-refractivity contribution in [2.45, 2.75) is 32.7 Å². The van der Waals surface area contributed by atoms with Crippen molar-refractivity contribution in [3.8, 4) is 0 Å². The molecule has 0 unspecified atom stereocenters. The maximum atomic E-state index is 13.0. The number of hydrogen-bond acceptors (Lipinski definition) is 3. The molecule has 1 aromatic carbocycles. The smallest absolute Gasteiger partial charge is 0.324 e. The van der Waals surface area contributed by atoms with Crippen LogP contribution >= 0.6 is 11.6 Å². The first-order valence-electron chi connectivity index (χ1n) is 7.62. The Morgan fingerprint density at radius 2 is 1.74 bits per heavy atom. The van der Waals surface area contributed by atoms with Gasteiger partial charge in [0, 0.05) is 12.6 Å². The first-order valence-corrected chi connectivity index (χ1v) is 7.99. The fourth-order valence-electron chi connectivity index (χ4n) is 2.21. The van der Waals surface area contributed by atoms with Gasteiger partial charge in [-0.25, -0.2) is 4.98 Å². The van der Waals surface area contributed by atoms with Crippen LogP contribution in [0.1, 0.15) is 25.1 Å². The van der Waals surface area contributed by atoms with Crippen LogP contribution in [0.4, 0.5) is 38.0 Å². The second-order valence-electron chi connectivity index (χ2n) is 6.12. The largest absolute Gasteiger partial charge is 0.433 e. The Bertz CT molecular complexity index is 889. The summed E-state index contributed by atoms with van der Waals surface area (Å²) in [5.74, 6) is -0.691. The summed E-state index contributed by atoms with van der Waals surface area (Å²) in [4.78, 5) is 15.5. The van der Waals surface area contributed by atoms with Gasteiger partial charge in [0.25, 0.3) is 5.56 Å². The number of aromatic nitrogens is 2. The summed E-state index contributed by atoms with van der Waals surface area (Å²) in [5, 5.41) is 2.16. The minimum Gasteiger partial charge on any atom is -0.324 e. The van der Waals surface area contributed by atoms with E-state index in [-0.39, 0.29) is 23.2 Å². The fraction of sp³-hybridized carbons (Fsp3) is 0.375. The van der Waals surface area contributed by atoms with E-state index in [1.807, 2.05) is 0 Å².